The lowest BCUT2D eigenvalue weighted by molar-refractivity contribution is 0.662. The summed E-state index contributed by atoms with van der Waals surface area (Å²) in [5.41, 5.74) is 5.13. The summed E-state index contributed by atoms with van der Waals surface area (Å²) in [7, 11) is 2.01. The molecule has 21 heavy (non-hydrogen) atoms. The van der Waals surface area contributed by atoms with Crippen molar-refractivity contribution < 1.29 is 0 Å². The van der Waals surface area contributed by atoms with E-state index in [1.54, 1.807) is 0 Å². The molecule has 1 atom stereocenters. The minimum Gasteiger partial charge on any atom is -0.320 e. The van der Waals surface area contributed by atoms with E-state index in [1.807, 2.05) is 13.2 Å². The highest BCUT2D eigenvalue weighted by Gasteiger charge is 2.15. The molecule has 0 fully saturated rings. The van der Waals surface area contributed by atoms with Crippen molar-refractivity contribution in [2.45, 2.75) is 19.3 Å². The number of aromatic nitrogens is 2. The molecule has 0 bridgehead atoms. The lowest BCUT2D eigenvalue weighted by atomic mass is 9.87. The summed E-state index contributed by atoms with van der Waals surface area (Å²) in [5, 5.41) is 11.7. The molecule has 0 saturated carbocycles. The summed E-state index contributed by atoms with van der Waals surface area (Å²) in [6.07, 6.45) is 3.00. The Morgan fingerprint density at radius 2 is 1.95 bits per heavy atom. The Hall–Kier alpha value is -2.13. The predicted octanol–water partition coefficient (Wildman–Crippen LogP) is 3.61. The van der Waals surface area contributed by atoms with Gasteiger partial charge in [0.05, 0.1) is 11.7 Å². The molecule has 3 nitrogen and oxygen atoms in total. The van der Waals surface area contributed by atoms with Crippen molar-refractivity contribution in [3.63, 3.8) is 0 Å². The predicted molar refractivity (Wildman–Crippen MR) is 87.7 cm³/mol. The average Bonchev–Trinajstić information content (AvgIpc) is 2.98. The fourth-order valence-corrected chi connectivity index (χ4v) is 2.97. The third-order valence-corrected chi connectivity index (χ3v) is 4.06. The highest BCUT2D eigenvalue weighted by Crippen LogP contribution is 2.31. The van der Waals surface area contributed by atoms with Gasteiger partial charge >= 0.3 is 0 Å². The zero-order valence-electron chi connectivity index (χ0n) is 12.6. The number of fused-ring (bicyclic) bond motifs is 1. The first-order valence-corrected chi connectivity index (χ1v) is 7.43. The Labute approximate surface area is 125 Å². The summed E-state index contributed by atoms with van der Waals surface area (Å²) in [4.78, 5) is 0. The van der Waals surface area contributed by atoms with Crippen LogP contribution in [-0.2, 0) is 0 Å². The third-order valence-electron chi connectivity index (χ3n) is 4.06. The van der Waals surface area contributed by atoms with Crippen LogP contribution < -0.4 is 5.32 Å². The fourth-order valence-electron chi connectivity index (χ4n) is 2.97. The van der Waals surface area contributed by atoms with Crippen molar-refractivity contribution in [3.8, 4) is 0 Å². The number of hydrogen-bond acceptors (Lipinski definition) is 2. The summed E-state index contributed by atoms with van der Waals surface area (Å²) < 4.78 is 0. The van der Waals surface area contributed by atoms with Gasteiger partial charge in [0.1, 0.15) is 0 Å². The number of rotatable bonds is 5. The van der Waals surface area contributed by atoms with Crippen LogP contribution in [0.4, 0.5) is 0 Å². The highest BCUT2D eigenvalue weighted by molar-refractivity contribution is 5.82. The number of aryl methyl sites for hydroxylation is 1. The van der Waals surface area contributed by atoms with Gasteiger partial charge in [-0.05, 0) is 49.7 Å². The van der Waals surface area contributed by atoms with Crippen LogP contribution in [0.3, 0.4) is 0 Å². The van der Waals surface area contributed by atoms with E-state index < -0.39 is 0 Å². The van der Waals surface area contributed by atoms with E-state index in [0.717, 1.165) is 18.5 Å². The van der Waals surface area contributed by atoms with E-state index >= 15 is 0 Å². The molecule has 0 saturated heterocycles. The molecule has 3 heteroatoms. The van der Waals surface area contributed by atoms with Gasteiger partial charge < -0.3 is 5.32 Å². The van der Waals surface area contributed by atoms with Crippen molar-refractivity contribution in [2.24, 2.45) is 0 Å². The molecular weight excluding hydrogens is 258 g/mol. The Kier molecular flexibility index (Phi) is 4.02. The van der Waals surface area contributed by atoms with Crippen molar-refractivity contribution in [1.82, 2.24) is 15.5 Å². The lowest BCUT2D eigenvalue weighted by Crippen LogP contribution is -2.13. The van der Waals surface area contributed by atoms with E-state index in [4.69, 9.17) is 0 Å². The summed E-state index contributed by atoms with van der Waals surface area (Å²) >= 11 is 0. The zero-order chi connectivity index (χ0) is 14.7. The quantitative estimate of drug-likeness (QED) is 0.749. The van der Waals surface area contributed by atoms with Gasteiger partial charge in [0, 0.05) is 11.3 Å². The van der Waals surface area contributed by atoms with Crippen LogP contribution in [0.2, 0.25) is 0 Å². The molecule has 108 valence electrons. The monoisotopic (exact) mass is 279 g/mol. The van der Waals surface area contributed by atoms with Gasteiger partial charge in [-0.15, -0.1) is 0 Å². The maximum atomic E-state index is 4.16. The Balaban J connectivity index is 2.05. The largest absolute Gasteiger partial charge is 0.320 e. The van der Waals surface area contributed by atoms with Crippen LogP contribution in [0.1, 0.15) is 29.0 Å². The van der Waals surface area contributed by atoms with Gasteiger partial charge in [-0.2, -0.15) is 5.10 Å². The molecule has 1 aromatic heterocycles. The number of aromatic amines is 1. The van der Waals surface area contributed by atoms with Crippen molar-refractivity contribution in [3.05, 3.63) is 65.4 Å². The van der Waals surface area contributed by atoms with Crippen molar-refractivity contribution in [1.29, 1.82) is 0 Å². The van der Waals surface area contributed by atoms with Crippen molar-refractivity contribution >= 4 is 10.9 Å². The molecule has 3 aromatic rings. The van der Waals surface area contributed by atoms with Crippen LogP contribution in [0, 0.1) is 6.92 Å². The zero-order valence-corrected chi connectivity index (χ0v) is 12.6. The number of nitrogens with zero attached hydrogens (tertiary/aromatic N) is 1. The molecule has 0 unspecified atom stereocenters. The van der Waals surface area contributed by atoms with Crippen LogP contribution >= 0.6 is 0 Å². The fraction of sp³-hybridized carbons (Fsp3) is 0.278. The maximum absolute atomic E-state index is 4.16. The van der Waals surface area contributed by atoms with Gasteiger partial charge in [-0.1, -0.05) is 36.4 Å². The number of hydrogen-bond donors (Lipinski definition) is 2. The van der Waals surface area contributed by atoms with Crippen LogP contribution in [0.15, 0.2) is 48.7 Å². The summed E-state index contributed by atoms with van der Waals surface area (Å²) in [6, 6.07) is 15.3. The van der Waals surface area contributed by atoms with E-state index in [1.165, 1.54) is 22.1 Å². The molecule has 1 heterocycles. The standard InChI is InChI=1S/C18H21N3/c1-13-10-15(11-16-12-20-21-18(13)16)17(8-9-19-2)14-6-4-3-5-7-14/h3-7,10-12,17,19H,8-9H2,1-2H3,(H,20,21)/t17-/m1/s1. The summed E-state index contributed by atoms with van der Waals surface area (Å²) in [6.45, 7) is 3.15. The first-order valence-electron chi connectivity index (χ1n) is 7.43. The molecule has 0 aliphatic rings. The molecule has 2 N–H and O–H groups in total. The number of benzene rings is 2. The first-order chi connectivity index (χ1) is 10.3. The Bertz CT molecular complexity index is 716. The van der Waals surface area contributed by atoms with Crippen LogP contribution in [0.5, 0.6) is 0 Å². The molecule has 0 aliphatic heterocycles. The van der Waals surface area contributed by atoms with E-state index in [9.17, 15) is 0 Å². The van der Waals surface area contributed by atoms with Gasteiger partial charge in [0.15, 0.2) is 0 Å². The lowest BCUT2D eigenvalue weighted by Gasteiger charge is -2.19. The number of H-pyrrole nitrogens is 1. The van der Waals surface area contributed by atoms with Gasteiger partial charge in [-0.3, -0.25) is 5.10 Å². The molecule has 0 spiro atoms. The first kappa shape index (κ1) is 13.8. The highest BCUT2D eigenvalue weighted by atomic mass is 15.1. The Morgan fingerprint density at radius 3 is 2.71 bits per heavy atom. The Morgan fingerprint density at radius 1 is 1.14 bits per heavy atom. The van der Waals surface area contributed by atoms with Crippen LogP contribution in [0.25, 0.3) is 10.9 Å². The van der Waals surface area contributed by atoms with Crippen molar-refractivity contribution in [2.75, 3.05) is 13.6 Å². The van der Waals surface area contributed by atoms with Gasteiger partial charge in [0.25, 0.3) is 0 Å². The molecule has 0 aliphatic carbocycles. The second kappa shape index (κ2) is 6.10. The molecule has 0 radical (unpaired) electrons. The molecular formula is C18H21N3. The molecule has 0 amide bonds. The smallest absolute Gasteiger partial charge is 0.0679 e. The number of nitrogens with one attached hydrogen (secondary N) is 2. The second-order valence-corrected chi connectivity index (χ2v) is 5.53. The van der Waals surface area contributed by atoms with E-state index in [-0.39, 0.29) is 0 Å². The maximum Gasteiger partial charge on any atom is 0.0679 e. The molecule has 3 rings (SSSR count). The van der Waals surface area contributed by atoms with E-state index in [2.05, 4.69) is 64.9 Å². The van der Waals surface area contributed by atoms with Crippen LogP contribution in [-0.4, -0.2) is 23.8 Å². The average molecular weight is 279 g/mol. The van der Waals surface area contributed by atoms with E-state index in [0.29, 0.717) is 5.92 Å². The minimum absolute atomic E-state index is 0.414. The normalized spacial score (nSPS) is 12.7. The topological polar surface area (TPSA) is 40.7 Å². The van der Waals surface area contributed by atoms with Gasteiger partial charge in [-0.25, -0.2) is 0 Å². The minimum atomic E-state index is 0.414. The van der Waals surface area contributed by atoms with Gasteiger partial charge in [0.2, 0.25) is 0 Å². The summed E-state index contributed by atoms with van der Waals surface area (Å²) in [5.74, 6) is 0.414. The second-order valence-electron chi connectivity index (χ2n) is 5.53. The SMILES string of the molecule is CNCC[C@H](c1ccccc1)c1cc(C)c2[nH]ncc2c1. The third kappa shape index (κ3) is 2.83. The molecule has 2 aromatic carbocycles.